The molecule has 0 spiro atoms. The van der Waals surface area contributed by atoms with Crippen molar-refractivity contribution < 1.29 is 5.11 Å². The van der Waals surface area contributed by atoms with Gasteiger partial charge in [-0.15, -0.1) is 10.2 Å². The van der Waals surface area contributed by atoms with Gasteiger partial charge in [0.2, 0.25) is 0 Å². The monoisotopic (exact) mass is 268 g/mol. The molecule has 0 saturated heterocycles. The summed E-state index contributed by atoms with van der Waals surface area (Å²) in [6, 6.07) is 5.10. The number of phenolic OH excluding ortho intramolecular Hbond substituents is 1. The van der Waals surface area contributed by atoms with Crippen LogP contribution in [0, 0.1) is 0 Å². The van der Waals surface area contributed by atoms with Crippen LogP contribution in [-0.2, 0) is 0 Å². The molecule has 15 heavy (non-hydrogen) atoms. The van der Waals surface area contributed by atoms with Crippen molar-refractivity contribution in [2.75, 3.05) is 0 Å². The van der Waals surface area contributed by atoms with E-state index >= 15 is 0 Å². The lowest BCUT2D eigenvalue weighted by atomic mass is 10.1. The molecular weight excluding hydrogens is 260 g/mol. The fourth-order valence-electron chi connectivity index (χ4n) is 1.28. The number of nitrogens with two attached hydrogens (primary N) is 1. The second-order valence-corrected chi connectivity index (χ2v) is 3.97. The van der Waals surface area contributed by atoms with E-state index in [1.165, 1.54) is 12.7 Å². The molecule has 1 aromatic heterocycles. The van der Waals surface area contributed by atoms with Crippen LogP contribution in [0.3, 0.4) is 0 Å². The Balaban J connectivity index is 2.41. The summed E-state index contributed by atoms with van der Waals surface area (Å²) in [4.78, 5) is 0. The van der Waals surface area contributed by atoms with Crippen LogP contribution in [0.25, 0.3) is 0 Å². The number of nitrogens with zero attached hydrogens (tertiary/aromatic N) is 3. The highest BCUT2D eigenvalue weighted by Gasteiger charge is 2.12. The summed E-state index contributed by atoms with van der Waals surface area (Å²) < 4.78 is 2.47. The third kappa shape index (κ3) is 2.00. The first-order valence-electron chi connectivity index (χ1n) is 4.26. The smallest absolute Gasteiger partial charge is 0.122 e. The molecule has 1 heterocycles. The van der Waals surface area contributed by atoms with Crippen LogP contribution >= 0.6 is 15.9 Å². The third-order valence-electron chi connectivity index (χ3n) is 2.07. The molecular formula is C9H9BrN4O. The summed E-state index contributed by atoms with van der Waals surface area (Å²) in [5.41, 5.74) is 6.55. The molecule has 2 aromatic rings. The van der Waals surface area contributed by atoms with E-state index in [0.717, 1.165) is 4.47 Å². The van der Waals surface area contributed by atoms with E-state index in [4.69, 9.17) is 5.73 Å². The van der Waals surface area contributed by atoms with Gasteiger partial charge >= 0.3 is 0 Å². The van der Waals surface area contributed by atoms with Gasteiger partial charge in [-0.1, -0.05) is 15.9 Å². The van der Waals surface area contributed by atoms with Crippen LogP contribution < -0.4 is 5.73 Å². The molecule has 0 aliphatic rings. The third-order valence-corrected chi connectivity index (χ3v) is 2.56. The highest BCUT2D eigenvalue weighted by atomic mass is 79.9. The zero-order chi connectivity index (χ0) is 10.8. The van der Waals surface area contributed by atoms with Crippen molar-refractivity contribution in [1.82, 2.24) is 14.8 Å². The first-order valence-corrected chi connectivity index (χ1v) is 5.06. The lowest BCUT2D eigenvalue weighted by molar-refractivity contribution is 0.454. The summed E-state index contributed by atoms with van der Waals surface area (Å²) >= 11 is 3.32. The Kier molecular flexibility index (Phi) is 2.70. The predicted octanol–water partition coefficient (Wildman–Crippen LogP) is 1.25. The first-order chi connectivity index (χ1) is 7.18. The minimum absolute atomic E-state index is 0.152. The van der Waals surface area contributed by atoms with Crippen molar-refractivity contribution in [2.45, 2.75) is 6.17 Å². The van der Waals surface area contributed by atoms with Gasteiger partial charge < -0.3 is 10.8 Å². The van der Waals surface area contributed by atoms with Crippen LogP contribution in [-0.4, -0.2) is 19.9 Å². The molecule has 2 rings (SSSR count). The molecule has 78 valence electrons. The Bertz CT molecular complexity index is 457. The fraction of sp³-hybridized carbons (Fsp3) is 0.111. The van der Waals surface area contributed by atoms with E-state index in [0.29, 0.717) is 5.56 Å². The molecule has 0 bridgehead atoms. The van der Waals surface area contributed by atoms with E-state index in [-0.39, 0.29) is 5.75 Å². The minimum atomic E-state index is -0.488. The number of halogens is 1. The Labute approximate surface area is 94.7 Å². The molecule has 6 heteroatoms. The molecule has 1 atom stereocenters. The summed E-state index contributed by atoms with van der Waals surface area (Å²) in [6.07, 6.45) is 2.52. The maximum absolute atomic E-state index is 9.65. The standard InChI is InChI=1S/C9H9BrN4O/c10-6-1-2-8(15)7(3-6)9(11)14-4-12-13-5-14/h1-5,9,15H,11H2. The fourth-order valence-corrected chi connectivity index (χ4v) is 1.65. The van der Waals surface area contributed by atoms with Gasteiger partial charge in [0.15, 0.2) is 0 Å². The topological polar surface area (TPSA) is 77.0 Å². The molecule has 1 unspecified atom stereocenters. The van der Waals surface area contributed by atoms with Crippen LogP contribution in [0.2, 0.25) is 0 Å². The van der Waals surface area contributed by atoms with E-state index < -0.39 is 6.17 Å². The predicted molar refractivity (Wildman–Crippen MR) is 58.2 cm³/mol. The van der Waals surface area contributed by atoms with Crippen molar-refractivity contribution >= 4 is 15.9 Å². The second kappa shape index (κ2) is 4.00. The quantitative estimate of drug-likeness (QED) is 0.860. The zero-order valence-corrected chi connectivity index (χ0v) is 9.29. The molecule has 0 saturated carbocycles. The van der Waals surface area contributed by atoms with Gasteiger partial charge in [0.05, 0.1) is 0 Å². The Morgan fingerprint density at radius 1 is 1.33 bits per heavy atom. The number of phenols is 1. The van der Waals surface area contributed by atoms with Gasteiger partial charge in [-0.3, -0.25) is 4.57 Å². The molecule has 1 aromatic carbocycles. The van der Waals surface area contributed by atoms with Crippen molar-refractivity contribution in [3.8, 4) is 5.75 Å². The number of benzene rings is 1. The normalized spacial score (nSPS) is 12.7. The number of hydrogen-bond donors (Lipinski definition) is 2. The number of rotatable bonds is 2. The van der Waals surface area contributed by atoms with Gasteiger partial charge in [0, 0.05) is 10.0 Å². The van der Waals surface area contributed by atoms with E-state index in [1.807, 2.05) is 0 Å². The molecule has 3 N–H and O–H groups in total. The average molecular weight is 269 g/mol. The Morgan fingerprint density at radius 3 is 2.67 bits per heavy atom. The summed E-state index contributed by atoms with van der Waals surface area (Å²) in [7, 11) is 0. The Morgan fingerprint density at radius 2 is 2.00 bits per heavy atom. The van der Waals surface area contributed by atoms with Crippen LogP contribution in [0.15, 0.2) is 35.3 Å². The highest BCUT2D eigenvalue weighted by Crippen LogP contribution is 2.26. The van der Waals surface area contributed by atoms with E-state index in [2.05, 4.69) is 26.1 Å². The van der Waals surface area contributed by atoms with Gasteiger partial charge in [0.1, 0.15) is 24.6 Å². The number of aromatic hydroxyl groups is 1. The zero-order valence-electron chi connectivity index (χ0n) is 7.71. The summed E-state index contributed by atoms with van der Waals surface area (Å²) in [5.74, 6) is 0.152. The molecule has 5 nitrogen and oxygen atoms in total. The molecule has 0 amide bonds. The van der Waals surface area contributed by atoms with Gasteiger partial charge in [-0.25, -0.2) is 0 Å². The molecule has 0 aliphatic heterocycles. The lowest BCUT2D eigenvalue weighted by Gasteiger charge is -2.14. The van der Waals surface area contributed by atoms with Crippen LogP contribution in [0.1, 0.15) is 11.7 Å². The molecule has 0 aliphatic carbocycles. The van der Waals surface area contributed by atoms with Crippen molar-refractivity contribution in [3.05, 3.63) is 40.9 Å². The second-order valence-electron chi connectivity index (χ2n) is 3.06. The van der Waals surface area contributed by atoms with Gasteiger partial charge in [-0.2, -0.15) is 0 Å². The van der Waals surface area contributed by atoms with Crippen molar-refractivity contribution in [2.24, 2.45) is 5.73 Å². The van der Waals surface area contributed by atoms with Crippen LogP contribution in [0.5, 0.6) is 5.75 Å². The maximum atomic E-state index is 9.65. The summed E-state index contributed by atoms with van der Waals surface area (Å²) in [5, 5.41) is 17.0. The van der Waals surface area contributed by atoms with Gasteiger partial charge in [-0.05, 0) is 18.2 Å². The number of hydrogen-bond acceptors (Lipinski definition) is 4. The van der Waals surface area contributed by atoms with Crippen molar-refractivity contribution in [1.29, 1.82) is 0 Å². The SMILES string of the molecule is NC(c1cc(Br)ccc1O)n1cnnc1. The van der Waals surface area contributed by atoms with E-state index in [9.17, 15) is 5.11 Å². The Hall–Kier alpha value is -1.40. The lowest BCUT2D eigenvalue weighted by Crippen LogP contribution is -2.18. The largest absolute Gasteiger partial charge is 0.508 e. The number of aromatic nitrogens is 3. The van der Waals surface area contributed by atoms with E-state index in [1.54, 1.807) is 22.8 Å². The van der Waals surface area contributed by atoms with Crippen molar-refractivity contribution in [3.63, 3.8) is 0 Å². The molecule has 0 fully saturated rings. The highest BCUT2D eigenvalue weighted by molar-refractivity contribution is 9.10. The van der Waals surface area contributed by atoms with Gasteiger partial charge in [0.25, 0.3) is 0 Å². The van der Waals surface area contributed by atoms with Crippen LogP contribution in [0.4, 0.5) is 0 Å². The average Bonchev–Trinajstić information content (AvgIpc) is 2.74. The molecule has 0 radical (unpaired) electrons. The summed E-state index contributed by atoms with van der Waals surface area (Å²) in [6.45, 7) is 0. The maximum Gasteiger partial charge on any atom is 0.122 e. The minimum Gasteiger partial charge on any atom is -0.508 e. The first kappa shape index (κ1) is 10.1.